The molecule has 2 atom stereocenters. The van der Waals surface area contributed by atoms with Crippen molar-refractivity contribution in [1.29, 1.82) is 0 Å². The maximum Gasteiger partial charge on any atom is 0.246 e. The van der Waals surface area contributed by atoms with Crippen LogP contribution in [0.4, 0.5) is 0 Å². The molecule has 1 saturated heterocycles. The predicted octanol–water partition coefficient (Wildman–Crippen LogP) is 0.210. The Morgan fingerprint density at radius 1 is 1.32 bits per heavy atom. The summed E-state index contributed by atoms with van der Waals surface area (Å²) in [5.74, 6) is -1.02. The van der Waals surface area contributed by atoms with Gasteiger partial charge in [0.1, 0.15) is 12.1 Å². The minimum atomic E-state index is -0.681. The smallest absolute Gasteiger partial charge is 0.246 e. The highest BCUT2D eigenvalue weighted by Gasteiger charge is 2.36. The Labute approximate surface area is 129 Å². The summed E-state index contributed by atoms with van der Waals surface area (Å²) in [6.07, 6.45) is 1.72. The van der Waals surface area contributed by atoms with Crippen LogP contribution in [0.5, 0.6) is 0 Å². The highest BCUT2D eigenvalue weighted by atomic mass is 16.2. The van der Waals surface area contributed by atoms with Crippen molar-refractivity contribution in [2.45, 2.75) is 38.3 Å². The Kier molecular flexibility index (Phi) is 5.14. The molecule has 0 unspecified atom stereocenters. The molecule has 1 aromatic carbocycles. The van der Waals surface area contributed by atoms with Gasteiger partial charge in [0.25, 0.3) is 0 Å². The SMILES string of the molecule is CC(=O)N[C@@H](Cc1ccccc1)C(=O)N1CCC[C@H]1C(N)=O. The van der Waals surface area contributed by atoms with E-state index in [1.54, 1.807) is 0 Å². The van der Waals surface area contributed by atoms with Crippen LogP contribution in [0.1, 0.15) is 25.3 Å². The third kappa shape index (κ3) is 3.84. The number of carbonyl (C=O) groups excluding carboxylic acids is 3. The monoisotopic (exact) mass is 303 g/mol. The molecule has 6 nitrogen and oxygen atoms in total. The lowest BCUT2D eigenvalue weighted by atomic mass is 10.0. The molecule has 1 heterocycles. The molecule has 22 heavy (non-hydrogen) atoms. The third-order valence-corrected chi connectivity index (χ3v) is 3.82. The Balaban J connectivity index is 2.15. The van der Waals surface area contributed by atoms with E-state index in [0.717, 1.165) is 12.0 Å². The van der Waals surface area contributed by atoms with Crippen LogP contribution in [-0.2, 0) is 20.8 Å². The molecule has 0 saturated carbocycles. The van der Waals surface area contributed by atoms with Crippen molar-refractivity contribution in [2.75, 3.05) is 6.54 Å². The Morgan fingerprint density at radius 3 is 2.59 bits per heavy atom. The Bertz CT molecular complexity index is 559. The summed E-state index contributed by atoms with van der Waals surface area (Å²) >= 11 is 0. The number of nitrogens with zero attached hydrogens (tertiary/aromatic N) is 1. The van der Waals surface area contributed by atoms with Gasteiger partial charge in [0.15, 0.2) is 0 Å². The van der Waals surface area contributed by atoms with Crippen molar-refractivity contribution < 1.29 is 14.4 Å². The van der Waals surface area contributed by atoms with Gasteiger partial charge in [-0.25, -0.2) is 0 Å². The van der Waals surface area contributed by atoms with E-state index in [1.807, 2.05) is 30.3 Å². The number of nitrogens with two attached hydrogens (primary N) is 1. The zero-order valence-corrected chi connectivity index (χ0v) is 12.6. The van der Waals surface area contributed by atoms with Crippen LogP contribution in [0.15, 0.2) is 30.3 Å². The lowest BCUT2D eigenvalue weighted by molar-refractivity contribution is -0.140. The van der Waals surface area contributed by atoms with E-state index in [1.165, 1.54) is 11.8 Å². The molecule has 0 aromatic heterocycles. The number of hydrogen-bond donors (Lipinski definition) is 2. The van der Waals surface area contributed by atoms with Crippen LogP contribution < -0.4 is 11.1 Å². The number of amides is 3. The van der Waals surface area contributed by atoms with Gasteiger partial charge in [0.2, 0.25) is 17.7 Å². The van der Waals surface area contributed by atoms with Gasteiger partial charge in [-0.2, -0.15) is 0 Å². The molecule has 3 amide bonds. The van der Waals surface area contributed by atoms with Crippen LogP contribution >= 0.6 is 0 Å². The average molecular weight is 303 g/mol. The molecular weight excluding hydrogens is 282 g/mol. The van der Waals surface area contributed by atoms with Gasteiger partial charge >= 0.3 is 0 Å². The summed E-state index contributed by atoms with van der Waals surface area (Å²) in [5, 5.41) is 2.68. The molecular formula is C16H21N3O3. The lowest BCUT2D eigenvalue weighted by Gasteiger charge is -2.27. The van der Waals surface area contributed by atoms with E-state index >= 15 is 0 Å². The molecule has 1 fully saturated rings. The average Bonchev–Trinajstić information content (AvgIpc) is 2.96. The molecule has 0 radical (unpaired) electrons. The molecule has 0 aliphatic carbocycles. The first-order valence-electron chi connectivity index (χ1n) is 7.40. The summed E-state index contributed by atoms with van der Waals surface area (Å²) < 4.78 is 0. The fourth-order valence-corrected chi connectivity index (χ4v) is 2.82. The summed E-state index contributed by atoms with van der Waals surface area (Å²) in [6, 6.07) is 8.20. The standard InChI is InChI=1S/C16H21N3O3/c1-11(20)18-13(10-12-6-3-2-4-7-12)16(22)19-9-5-8-14(19)15(17)21/h2-4,6-7,13-14H,5,8-10H2,1H3,(H2,17,21)(H,18,20)/t13-,14-/m0/s1. The first-order valence-corrected chi connectivity index (χ1v) is 7.40. The summed E-state index contributed by atoms with van der Waals surface area (Å²) in [5.41, 5.74) is 6.31. The van der Waals surface area contributed by atoms with Gasteiger partial charge in [-0.05, 0) is 18.4 Å². The second kappa shape index (κ2) is 7.06. The Morgan fingerprint density at radius 2 is 2.00 bits per heavy atom. The molecule has 2 rings (SSSR count). The van der Waals surface area contributed by atoms with Crippen LogP contribution in [0.3, 0.4) is 0 Å². The third-order valence-electron chi connectivity index (χ3n) is 3.82. The van der Waals surface area contributed by atoms with Gasteiger partial charge in [0, 0.05) is 19.9 Å². The normalized spacial score (nSPS) is 18.8. The quantitative estimate of drug-likeness (QED) is 0.814. The van der Waals surface area contributed by atoms with E-state index in [-0.39, 0.29) is 11.8 Å². The van der Waals surface area contributed by atoms with Crippen LogP contribution in [0.25, 0.3) is 0 Å². The Hall–Kier alpha value is -2.37. The lowest BCUT2D eigenvalue weighted by Crippen LogP contribution is -2.53. The number of nitrogens with one attached hydrogen (secondary N) is 1. The maximum atomic E-state index is 12.7. The fraction of sp³-hybridized carbons (Fsp3) is 0.438. The molecule has 0 spiro atoms. The molecule has 1 aliphatic heterocycles. The molecule has 3 N–H and O–H groups in total. The van der Waals surface area contributed by atoms with E-state index in [2.05, 4.69) is 5.32 Å². The van der Waals surface area contributed by atoms with Crippen LogP contribution in [0.2, 0.25) is 0 Å². The molecule has 1 aliphatic rings. The van der Waals surface area contributed by atoms with Crippen molar-refractivity contribution >= 4 is 17.7 Å². The molecule has 1 aromatic rings. The van der Waals surface area contributed by atoms with Crippen molar-refractivity contribution in [3.63, 3.8) is 0 Å². The van der Waals surface area contributed by atoms with Gasteiger partial charge in [-0.15, -0.1) is 0 Å². The van der Waals surface area contributed by atoms with Crippen LogP contribution in [-0.4, -0.2) is 41.2 Å². The highest BCUT2D eigenvalue weighted by Crippen LogP contribution is 2.19. The van der Waals surface area contributed by atoms with Crippen molar-refractivity contribution in [1.82, 2.24) is 10.2 Å². The van der Waals surface area contributed by atoms with E-state index < -0.39 is 18.0 Å². The number of rotatable bonds is 5. The molecule has 0 bridgehead atoms. The number of hydrogen-bond acceptors (Lipinski definition) is 3. The van der Waals surface area contributed by atoms with Gasteiger partial charge < -0.3 is 16.0 Å². The summed E-state index contributed by atoms with van der Waals surface area (Å²) in [7, 11) is 0. The number of primary amides is 1. The zero-order valence-electron chi connectivity index (χ0n) is 12.6. The van der Waals surface area contributed by atoms with Crippen LogP contribution in [0, 0.1) is 0 Å². The van der Waals surface area contributed by atoms with Crippen molar-refractivity contribution in [2.24, 2.45) is 5.73 Å². The maximum absolute atomic E-state index is 12.7. The predicted molar refractivity (Wildman–Crippen MR) is 81.7 cm³/mol. The zero-order chi connectivity index (χ0) is 16.1. The van der Waals surface area contributed by atoms with Crippen molar-refractivity contribution in [3.05, 3.63) is 35.9 Å². The van der Waals surface area contributed by atoms with E-state index in [4.69, 9.17) is 5.73 Å². The first kappa shape index (κ1) is 16.0. The highest BCUT2D eigenvalue weighted by molar-refractivity contribution is 5.91. The van der Waals surface area contributed by atoms with E-state index in [9.17, 15) is 14.4 Å². The largest absolute Gasteiger partial charge is 0.368 e. The topological polar surface area (TPSA) is 92.5 Å². The second-order valence-electron chi connectivity index (χ2n) is 5.53. The second-order valence-corrected chi connectivity index (χ2v) is 5.53. The minimum Gasteiger partial charge on any atom is -0.368 e. The molecule has 118 valence electrons. The first-order chi connectivity index (χ1) is 10.5. The van der Waals surface area contributed by atoms with Crippen molar-refractivity contribution in [3.8, 4) is 0 Å². The minimum absolute atomic E-state index is 0.250. The van der Waals surface area contributed by atoms with Gasteiger partial charge in [0.05, 0.1) is 0 Å². The number of benzene rings is 1. The van der Waals surface area contributed by atoms with Gasteiger partial charge in [-0.1, -0.05) is 30.3 Å². The summed E-state index contributed by atoms with van der Waals surface area (Å²) in [6.45, 7) is 1.87. The summed E-state index contributed by atoms with van der Waals surface area (Å²) in [4.78, 5) is 37.1. The van der Waals surface area contributed by atoms with Gasteiger partial charge in [-0.3, -0.25) is 14.4 Å². The number of carbonyl (C=O) groups is 3. The molecule has 6 heteroatoms. The fourth-order valence-electron chi connectivity index (χ4n) is 2.82. The number of likely N-dealkylation sites (tertiary alicyclic amines) is 1. The van der Waals surface area contributed by atoms with E-state index in [0.29, 0.717) is 19.4 Å².